The Morgan fingerprint density at radius 2 is 1.81 bits per heavy atom. The highest BCUT2D eigenvalue weighted by Gasteiger charge is 2.08. The first kappa shape index (κ1) is 15.4. The lowest BCUT2D eigenvalue weighted by Crippen LogP contribution is -2.23. The largest absolute Gasteiger partial charge is 0.491 e. The summed E-state index contributed by atoms with van der Waals surface area (Å²) >= 11 is 5.99. The van der Waals surface area contributed by atoms with Gasteiger partial charge in [-0.15, -0.1) is 0 Å². The third kappa shape index (κ3) is 4.50. The van der Waals surface area contributed by atoms with Crippen LogP contribution in [0.25, 0.3) is 0 Å². The van der Waals surface area contributed by atoms with Crippen molar-refractivity contribution < 1.29 is 9.53 Å². The summed E-state index contributed by atoms with van der Waals surface area (Å²) in [5.41, 5.74) is 1.49. The molecule has 3 nitrogen and oxygen atoms in total. The van der Waals surface area contributed by atoms with Crippen LogP contribution in [-0.4, -0.2) is 12.0 Å². The Kier molecular flexibility index (Phi) is 5.23. The normalized spacial score (nSPS) is 10.5. The molecule has 0 heterocycles. The number of benzene rings is 2. The molecule has 110 valence electrons. The smallest absolute Gasteiger partial charge is 0.253 e. The standard InChI is InChI=1S/C17H18ClNO2/c1-12(2)21-14-9-7-13(8-10-14)11-19-17(20)15-5-3-4-6-16(15)18/h3-10,12H,11H2,1-2H3,(H,19,20). The van der Waals surface area contributed by atoms with Crippen molar-refractivity contribution in [1.29, 1.82) is 0 Å². The Labute approximate surface area is 129 Å². The number of rotatable bonds is 5. The van der Waals surface area contributed by atoms with Crippen molar-refractivity contribution in [2.45, 2.75) is 26.5 Å². The molecule has 0 fully saturated rings. The van der Waals surface area contributed by atoms with Crippen molar-refractivity contribution in [2.75, 3.05) is 0 Å². The van der Waals surface area contributed by atoms with Crippen LogP contribution in [0.5, 0.6) is 5.75 Å². The zero-order valence-electron chi connectivity index (χ0n) is 12.1. The summed E-state index contributed by atoms with van der Waals surface area (Å²) in [7, 11) is 0. The van der Waals surface area contributed by atoms with Crippen LogP contribution >= 0.6 is 11.6 Å². The van der Waals surface area contributed by atoms with Crippen molar-refractivity contribution in [3.8, 4) is 5.75 Å². The lowest BCUT2D eigenvalue weighted by molar-refractivity contribution is 0.0951. The van der Waals surface area contributed by atoms with Gasteiger partial charge in [-0.3, -0.25) is 4.79 Å². The first-order valence-corrected chi connectivity index (χ1v) is 7.22. The first-order valence-electron chi connectivity index (χ1n) is 6.84. The molecule has 0 bridgehead atoms. The molecular weight excluding hydrogens is 286 g/mol. The maximum atomic E-state index is 12.0. The van der Waals surface area contributed by atoms with E-state index >= 15 is 0 Å². The molecule has 0 aliphatic rings. The van der Waals surface area contributed by atoms with Crippen molar-refractivity contribution in [3.05, 3.63) is 64.7 Å². The number of nitrogens with one attached hydrogen (secondary N) is 1. The second kappa shape index (κ2) is 7.14. The minimum atomic E-state index is -0.178. The van der Waals surface area contributed by atoms with Crippen molar-refractivity contribution >= 4 is 17.5 Å². The molecule has 0 saturated heterocycles. The van der Waals surface area contributed by atoms with Crippen LogP contribution in [0, 0.1) is 0 Å². The van der Waals surface area contributed by atoms with E-state index in [1.165, 1.54) is 0 Å². The van der Waals surface area contributed by atoms with Gasteiger partial charge in [-0.05, 0) is 43.7 Å². The van der Waals surface area contributed by atoms with Gasteiger partial charge >= 0.3 is 0 Å². The predicted molar refractivity (Wildman–Crippen MR) is 84.8 cm³/mol. The Bertz CT molecular complexity index is 608. The van der Waals surface area contributed by atoms with E-state index < -0.39 is 0 Å². The molecule has 4 heteroatoms. The molecule has 2 aromatic carbocycles. The topological polar surface area (TPSA) is 38.3 Å². The van der Waals surface area contributed by atoms with Gasteiger partial charge in [0.2, 0.25) is 0 Å². The van der Waals surface area contributed by atoms with Crippen molar-refractivity contribution in [2.24, 2.45) is 0 Å². The van der Waals surface area contributed by atoms with E-state index in [1.54, 1.807) is 24.3 Å². The summed E-state index contributed by atoms with van der Waals surface area (Å²) in [6.07, 6.45) is 0.149. The maximum Gasteiger partial charge on any atom is 0.253 e. The molecule has 0 aliphatic carbocycles. The van der Waals surface area contributed by atoms with Crippen LogP contribution < -0.4 is 10.1 Å². The van der Waals surface area contributed by atoms with E-state index in [4.69, 9.17) is 16.3 Å². The molecule has 0 aromatic heterocycles. The molecule has 0 radical (unpaired) electrons. The molecule has 1 N–H and O–H groups in total. The summed E-state index contributed by atoms with van der Waals surface area (Å²) in [5.74, 6) is 0.647. The molecule has 21 heavy (non-hydrogen) atoms. The molecular formula is C17H18ClNO2. The Hall–Kier alpha value is -2.00. The van der Waals surface area contributed by atoms with E-state index in [0.717, 1.165) is 11.3 Å². The zero-order chi connectivity index (χ0) is 15.2. The Morgan fingerprint density at radius 1 is 1.14 bits per heavy atom. The lowest BCUT2D eigenvalue weighted by atomic mass is 10.2. The SMILES string of the molecule is CC(C)Oc1ccc(CNC(=O)c2ccccc2Cl)cc1. The number of halogens is 1. The predicted octanol–water partition coefficient (Wildman–Crippen LogP) is 4.06. The van der Waals surface area contributed by atoms with Gasteiger partial charge in [0.05, 0.1) is 16.7 Å². The second-order valence-corrected chi connectivity index (χ2v) is 5.38. The van der Waals surface area contributed by atoms with E-state index in [9.17, 15) is 4.79 Å². The van der Waals surface area contributed by atoms with E-state index in [2.05, 4.69) is 5.32 Å². The van der Waals surface area contributed by atoms with Gasteiger partial charge in [0.15, 0.2) is 0 Å². The number of hydrogen-bond acceptors (Lipinski definition) is 2. The number of carbonyl (C=O) groups is 1. The minimum absolute atomic E-state index is 0.149. The van der Waals surface area contributed by atoms with Crippen LogP contribution in [-0.2, 0) is 6.54 Å². The lowest BCUT2D eigenvalue weighted by Gasteiger charge is -2.10. The van der Waals surface area contributed by atoms with E-state index in [1.807, 2.05) is 38.1 Å². The third-order valence-electron chi connectivity index (χ3n) is 2.87. The Balaban J connectivity index is 1.94. The fourth-order valence-electron chi connectivity index (χ4n) is 1.88. The van der Waals surface area contributed by atoms with Crippen LogP contribution in [0.3, 0.4) is 0 Å². The van der Waals surface area contributed by atoms with E-state index in [0.29, 0.717) is 17.1 Å². The van der Waals surface area contributed by atoms with Crippen molar-refractivity contribution in [1.82, 2.24) is 5.32 Å². The molecule has 0 saturated carbocycles. The Morgan fingerprint density at radius 3 is 2.43 bits per heavy atom. The highest BCUT2D eigenvalue weighted by Crippen LogP contribution is 2.16. The fraction of sp³-hybridized carbons (Fsp3) is 0.235. The highest BCUT2D eigenvalue weighted by atomic mass is 35.5. The van der Waals surface area contributed by atoms with Crippen LogP contribution in [0.15, 0.2) is 48.5 Å². The molecule has 0 unspecified atom stereocenters. The maximum absolute atomic E-state index is 12.0. The summed E-state index contributed by atoms with van der Waals surface area (Å²) in [4.78, 5) is 12.0. The number of carbonyl (C=O) groups excluding carboxylic acids is 1. The molecule has 0 spiro atoms. The molecule has 1 amide bonds. The summed E-state index contributed by atoms with van der Waals surface area (Å²) in [6, 6.07) is 14.7. The van der Waals surface area contributed by atoms with E-state index in [-0.39, 0.29) is 12.0 Å². The quantitative estimate of drug-likeness (QED) is 0.904. The summed E-state index contributed by atoms with van der Waals surface area (Å²) < 4.78 is 5.58. The average molecular weight is 304 g/mol. The van der Waals surface area contributed by atoms with Gasteiger partial charge < -0.3 is 10.1 Å². The van der Waals surface area contributed by atoms with Gasteiger partial charge in [0.25, 0.3) is 5.91 Å². The molecule has 0 aliphatic heterocycles. The monoisotopic (exact) mass is 303 g/mol. The fourth-order valence-corrected chi connectivity index (χ4v) is 2.10. The van der Waals surface area contributed by atoms with Crippen LogP contribution in [0.1, 0.15) is 29.8 Å². The highest BCUT2D eigenvalue weighted by molar-refractivity contribution is 6.33. The van der Waals surface area contributed by atoms with Gasteiger partial charge in [-0.1, -0.05) is 35.9 Å². The van der Waals surface area contributed by atoms with Gasteiger partial charge in [0, 0.05) is 6.54 Å². The zero-order valence-corrected chi connectivity index (χ0v) is 12.9. The van der Waals surface area contributed by atoms with Gasteiger partial charge in [-0.25, -0.2) is 0 Å². The first-order chi connectivity index (χ1) is 10.1. The number of amides is 1. The minimum Gasteiger partial charge on any atom is -0.491 e. The van der Waals surface area contributed by atoms with Crippen molar-refractivity contribution in [3.63, 3.8) is 0 Å². The number of ether oxygens (including phenoxy) is 1. The summed E-state index contributed by atoms with van der Waals surface area (Å²) in [5, 5.41) is 3.31. The molecule has 0 atom stereocenters. The van der Waals surface area contributed by atoms with Gasteiger partial charge in [0.1, 0.15) is 5.75 Å². The van der Waals surface area contributed by atoms with Crippen LogP contribution in [0.4, 0.5) is 0 Å². The number of hydrogen-bond donors (Lipinski definition) is 1. The third-order valence-corrected chi connectivity index (χ3v) is 3.20. The van der Waals surface area contributed by atoms with Gasteiger partial charge in [-0.2, -0.15) is 0 Å². The molecule has 2 rings (SSSR count). The average Bonchev–Trinajstić information content (AvgIpc) is 2.46. The molecule has 2 aromatic rings. The van der Waals surface area contributed by atoms with Crippen LogP contribution in [0.2, 0.25) is 5.02 Å². The summed E-state index contributed by atoms with van der Waals surface area (Å²) in [6.45, 7) is 4.42. The second-order valence-electron chi connectivity index (χ2n) is 4.97.